The summed E-state index contributed by atoms with van der Waals surface area (Å²) in [7, 11) is 1.40. The maximum absolute atomic E-state index is 12.9. The largest absolute Gasteiger partial charge is 0.493 e. The third-order valence-electron chi connectivity index (χ3n) is 4.42. The van der Waals surface area contributed by atoms with Crippen LogP contribution in [0.3, 0.4) is 0 Å². The van der Waals surface area contributed by atoms with Crippen molar-refractivity contribution < 1.29 is 24.3 Å². The molecule has 2 rings (SSSR count). The molecule has 0 bridgehead atoms. The number of benzene rings is 1. The Bertz CT molecular complexity index is 759. The molecule has 0 aromatic heterocycles. The predicted octanol–water partition coefficient (Wildman–Crippen LogP) is 2.71. The van der Waals surface area contributed by atoms with Crippen molar-refractivity contribution in [3.05, 3.63) is 52.1 Å². The van der Waals surface area contributed by atoms with Crippen LogP contribution in [-0.4, -0.2) is 53.7 Å². The molecule has 0 spiro atoms. The number of aliphatic hydroxyl groups is 1. The lowest BCUT2D eigenvalue weighted by Gasteiger charge is -2.23. The fourth-order valence-electron chi connectivity index (χ4n) is 3.03. The maximum atomic E-state index is 12.9. The first-order chi connectivity index (χ1) is 12.9. The van der Waals surface area contributed by atoms with Crippen molar-refractivity contribution in [3.8, 4) is 11.5 Å². The number of hydrogen-bond acceptors (Lipinski definition) is 6. The minimum Gasteiger partial charge on any atom is -0.493 e. The van der Waals surface area contributed by atoms with Crippen LogP contribution in [-0.2, 0) is 0 Å². The number of ether oxygens (including phenoxy) is 2. The summed E-state index contributed by atoms with van der Waals surface area (Å²) >= 11 is 0. The number of aliphatic hydroxyl groups excluding tert-OH is 1. The molecule has 1 atom stereocenters. The van der Waals surface area contributed by atoms with E-state index in [1.54, 1.807) is 12.2 Å². The van der Waals surface area contributed by atoms with Crippen LogP contribution in [0.1, 0.15) is 30.1 Å². The van der Waals surface area contributed by atoms with Crippen LogP contribution in [0.2, 0.25) is 0 Å². The van der Waals surface area contributed by atoms with E-state index in [0.29, 0.717) is 13.0 Å². The molecule has 0 aliphatic carbocycles. The second kappa shape index (κ2) is 9.18. The van der Waals surface area contributed by atoms with Gasteiger partial charge in [0.1, 0.15) is 12.2 Å². The first-order valence-corrected chi connectivity index (χ1v) is 8.62. The quantitative estimate of drug-likeness (QED) is 0.425. The molecule has 27 heavy (non-hydrogen) atoms. The van der Waals surface area contributed by atoms with Crippen LogP contribution in [0.4, 0.5) is 5.69 Å². The van der Waals surface area contributed by atoms with Gasteiger partial charge in [0.25, 0.3) is 11.6 Å². The minimum atomic E-state index is -0.615. The SMILES string of the molecule is C=C/C=C(\C)COc1cc([N+](=O)[O-])c(C(=O)N2CCCC2CO)cc1OC. The molecule has 8 nitrogen and oxygen atoms in total. The highest BCUT2D eigenvalue weighted by molar-refractivity contribution is 5.99. The first kappa shape index (κ1) is 20.4. The Morgan fingerprint density at radius 3 is 2.81 bits per heavy atom. The first-order valence-electron chi connectivity index (χ1n) is 8.62. The highest BCUT2D eigenvalue weighted by Crippen LogP contribution is 2.36. The number of rotatable bonds is 8. The van der Waals surface area contributed by atoms with E-state index in [4.69, 9.17) is 9.47 Å². The summed E-state index contributed by atoms with van der Waals surface area (Å²) in [4.78, 5) is 25.3. The van der Waals surface area contributed by atoms with Gasteiger partial charge in [-0.3, -0.25) is 14.9 Å². The van der Waals surface area contributed by atoms with Gasteiger partial charge in [0, 0.05) is 12.6 Å². The molecular weight excluding hydrogens is 352 g/mol. The molecule has 1 aliphatic rings. The van der Waals surface area contributed by atoms with Gasteiger partial charge < -0.3 is 19.5 Å². The Balaban J connectivity index is 2.40. The lowest BCUT2D eigenvalue weighted by atomic mass is 10.1. The van der Waals surface area contributed by atoms with Crippen molar-refractivity contribution in [2.24, 2.45) is 0 Å². The molecule has 1 aromatic rings. The monoisotopic (exact) mass is 376 g/mol. The number of amides is 1. The zero-order valence-corrected chi connectivity index (χ0v) is 15.5. The molecule has 1 heterocycles. The van der Waals surface area contributed by atoms with E-state index < -0.39 is 10.8 Å². The average molecular weight is 376 g/mol. The second-order valence-electron chi connectivity index (χ2n) is 6.29. The summed E-state index contributed by atoms with van der Waals surface area (Å²) in [5, 5.41) is 21.0. The van der Waals surface area contributed by atoms with E-state index in [1.165, 1.54) is 24.1 Å². The van der Waals surface area contributed by atoms with Crippen molar-refractivity contribution in [1.82, 2.24) is 4.90 Å². The fourth-order valence-corrected chi connectivity index (χ4v) is 3.03. The van der Waals surface area contributed by atoms with Crippen molar-refractivity contribution >= 4 is 11.6 Å². The van der Waals surface area contributed by atoms with Gasteiger partial charge in [0.15, 0.2) is 11.5 Å². The Morgan fingerprint density at radius 1 is 1.48 bits per heavy atom. The molecule has 0 saturated carbocycles. The van der Waals surface area contributed by atoms with Crippen LogP contribution in [0.5, 0.6) is 11.5 Å². The minimum absolute atomic E-state index is 0.0806. The Labute approximate surface area is 157 Å². The summed E-state index contributed by atoms with van der Waals surface area (Å²) in [6.07, 6.45) is 4.80. The van der Waals surface area contributed by atoms with Gasteiger partial charge in [-0.05, 0) is 25.3 Å². The van der Waals surface area contributed by atoms with Crippen molar-refractivity contribution in [2.45, 2.75) is 25.8 Å². The molecule has 0 radical (unpaired) electrons. The van der Waals surface area contributed by atoms with Crippen LogP contribution < -0.4 is 9.47 Å². The van der Waals surface area contributed by atoms with E-state index in [2.05, 4.69) is 6.58 Å². The van der Waals surface area contributed by atoms with E-state index in [-0.39, 0.29) is 42.0 Å². The van der Waals surface area contributed by atoms with Crippen molar-refractivity contribution in [2.75, 3.05) is 26.9 Å². The third kappa shape index (κ3) is 4.65. The highest BCUT2D eigenvalue weighted by atomic mass is 16.6. The average Bonchev–Trinajstić information content (AvgIpc) is 3.14. The topological polar surface area (TPSA) is 102 Å². The van der Waals surface area contributed by atoms with Crippen LogP contribution in [0.25, 0.3) is 0 Å². The highest BCUT2D eigenvalue weighted by Gasteiger charge is 2.33. The fraction of sp³-hybridized carbons (Fsp3) is 0.421. The molecule has 1 aliphatic heterocycles. The Kier molecular flexibility index (Phi) is 6.95. The number of carbonyl (C=O) groups is 1. The van der Waals surface area contributed by atoms with Crippen molar-refractivity contribution in [3.63, 3.8) is 0 Å². The Morgan fingerprint density at radius 2 is 2.22 bits per heavy atom. The summed E-state index contributed by atoms with van der Waals surface area (Å²) in [5.41, 5.74) is 0.436. The molecule has 8 heteroatoms. The van der Waals surface area contributed by atoms with E-state index in [1.807, 2.05) is 6.92 Å². The summed E-state index contributed by atoms with van der Waals surface area (Å²) < 4.78 is 10.9. The molecule has 146 valence electrons. The number of likely N-dealkylation sites (tertiary alicyclic amines) is 1. The number of nitro groups is 1. The lowest BCUT2D eigenvalue weighted by molar-refractivity contribution is -0.385. The van der Waals surface area contributed by atoms with Gasteiger partial charge in [0.05, 0.1) is 30.7 Å². The number of carbonyl (C=O) groups excluding carboxylic acids is 1. The Hall–Kier alpha value is -2.87. The number of nitro benzene ring substituents is 1. The predicted molar refractivity (Wildman–Crippen MR) is 100 cm³/mol. The molecule has 1 unspecified atom stereocenters. The molecule has 1 saturated heterocycles. The number of hydrogen-bond donors (Lipinski definition) is 1. The van der Waals surface area contributed by atoms with Gasteiger partial charge in [-0.2, -0.15) is 0 Å². The zero-order chi connectivity index (χ0) is 20.0. The van der Waals surface area contributed by atoms with Gasteiger partial charge in [-0.15, -0.1) is 0 Å². The van der Waals surface area contributed by atoms with Gasteiger partial charge in [-0.25, -0.2) is 0 Å². The molecular formula is C19H24N2O6. The molecule has 1 amide bonds. The zero-order valence-electron chi connectivity index (χ0n) is 15.5. The van der Waals surface area contributed by atoms with Crippen LogP contribution >= 0.6 is 0 Å². The van der Waals surface area contributed by atoms with Gasteiger partial charge in [0.2, 0.25) is 0 Å². The number of methoxy groups -OCH3 is 1. The van der Waals surface area contributed by atoms with E-state index in [0.717, 1.165) is 12.0 Å². The van der Waals surface area contributed by atoms with Crippen LogP contribution in [0, 0.1) is 10.1 Å². The second-order valence-corrected chi connectivity index (χ2v) is 6.29. The standard InChI is InChI=1S/C19H24N2O6/c1-4-6-13(2)12-27-18-10-16(21(24)25)15(9-17(18)26-3)19(23)20-8-5-7-14(20)11-22/h4,6,9-10,14,22H,1,5,7-8,11-12H2,2-3H3/b13-6+. The van der Waals surface area contributed by atoms with Crippen molar-refractivity contribution in [1.29, 1.82) is 0 Å². The van der Waals surface area contributed by atoms with Crippen LogP contribution in [0.15, 0.2) is 36.4 Å². The maximum Gasteiger partial charge on any atom is 0.286 e. The molecule has 1 N–H and O–H groups in total. The summed E-state index contributed by atoms with van der Waals surface area (Å²) in [6.45, 7) is 5.92. The number of nitrogens with zero attached hydrogens (tertiary/aromatic N) is 2. The van der Waals surface area contributed by atoms with Gasteiger partial charge >= 0.3 is 0 Å². The normalized spacial score (nSPS) is 16.9. The van der Waals surface area contributed by atoms with E-state index >= 15 is 0 Å². The smallest absolute Gasteiger partial charge is 0.286 e. The number of allylic oxidation sites excluding steroid dienone is 2. The summed E-state index contributed by atoms with van der Waals surface area (Å²) in [6, 6.07) is 2.21. The molecule has 1 aromatic carbocycles. The molecule has 1 fully saturated rings. The van der Waals surface area contributed by atoms with E-state index in [9.17, 15) is 20.0 Å². The van der Waals surface area contributed by atoms with Gasteiger partial charge in [-0.1, -0.05) is 18.7 Å². The summed E-state index contributed by atoms with van der Waals surface area (Å²) in [5.74, 6) is -0.0846. The lowest BCUT2D eigenvalue weighted by Crippen LogP contribution is -2.37. The third-order valence-corrected chi connectivity index (χ3v) is 4.42.